The molecule has 0 saturated heterocycles. The van der Waals surface area contributed by atoms with Gasteiger partial charge in [0, 0.05) is 12.1 Å². The van der Waals surface area contributed by atoms with E-state index in [0.29, 0.717) is 18.9 Å². The molecule has 0 aliphatic rings. The highest BCUT2D eigenvalue weighted by atomic mass is 16.5. The zero-order valence-electron chi connectivity index (χ0n) is 11.3. The van der Waals surface area contributed by atoms with E-state index >= 15 is 0 Å². The molecule has 0 saturated carbocycles. The van der Waals surface area contributed by atoms with Crippen LogP contribution in [-0.2, 0) is 11.2 Å². The zero-order chi connectivity index (χ0) is 13.5. The summed E-state index contributed by atoms with van der Waals surface area (Å²) in [7, 11) is 1.61. The number of nitrogens with one attached hydrogen (secondary N) is 1. The Morgan fingerprint density at radius 2 is 2.22 bits per heavy atom. The zero-order valence-corrected chi connectivity index (χ0v) is 11.3. The van der Waals surface area contributed by atoms with Gasteiger partial charge in [-0.1, -0.05) is 32.6 Å². The summed E-state index contributed by atoms with van der Waals surface area (Å²) in [5.41, 5.74) is 1.87. The number of hydrogen-bond donors (Lipinski definition) is 1. The highest BCUT2D eigenvalue weighted by molar-refractivity contribution is 5.79. The quantitative estimate of drug-likeness (QED) is 0.839. The Morgan fingerprint density at radius 1 is 1.50 bits per heavy atom. The lowest BCUT2D eigenvalue weighted by Crippen LogP contribution is -2.28. The molecule has 1 aromatic carbocycles. The smallest absolute Gasteiger partial charge is 0.224 e. The number of methoxy groups -OCH3 is 1. The number of hydrogen-bond acceptors (Lipinski definition) is 2. The molecule has 1 N–H and O–H groups in total. The Bertz CT molecular complexity index is 425. The van der Waals surface area contributed by atoms with Crippen LogP contribution in [0.1, 0.15) is 25.0 Å². The first-order valence-electron chi connectivity index (χ1n) is 6.13. The van der Waals surface area contributed by atoms with Gasteiger partial charge in [0.2, 0.25) is 5.91 Å². The number of benzene rings is 1. The number of rotatable bonds is 6. The molecule has 1 aromatic rings. The minimum atomic E-state index is 0.0169. The monoisotopic (exact) mass is 247 g/mol. The van der Waals surface area contributed by atoms with Crippen molar-refractivity contribution in [1.29, 1.82) is 0 Å². The van der Waals surface area contributed by atoms with Crippen LogP contribution in [0.5, 0.6) is 5.75 Å². The summed E-state index contributed by atoms with van der Waals surface area (Å²) < 4.78 is 5.26. The van der Waals surface area contributed by atoms with Crippen molar-refractivity contribution in [2.24, 2.45) is 5.92 Å². The largest absolute Gasteiger partial charge is 0.496 e. The second-order valence-corrected chi connectivity index (χ2v) is 4.65. The summed E-state index contributed by atoms with van der Waals surface area (Å²) >= 11 is 0. The lowest BCUT2D eigenvalue weighted by Gasteiger charge is -2.11. The van der Waals surface area contributed by atoms with E-state index in [0.717, 1.165) is 16.9 Å². The predicted molar refractivity (Wildman–Crippen MR) is 74.6 cm³/mol. The molecule has 0 heterocycles. The molecule has 3 nitrogen and oxygen atoms in total. The van der Waals surface area contributed by atoms with E-state index in [-0.39, 0.29) is 5.91 Å². The van der Waals surface area contributed by atoms with Gasteiger partial charge in [-0.05, 0) is 23.6 Å². The number of carbonyl (C=O) groups excluding carboxylic acids is 1. The maximum absolute atomic E-state index is 11.8. The van der Waals surface area contributed by atoms with E-state index in [1.54, 1.807) is 13.2 Å². The van der Waals surface area contributed by atoms with Gasteiger partial charge in [0.1, 0.15) is 5.75 Å². The highest BCUT2D eigenvalue weighted by Gasteiger charge is 2.09. The van der Waals surface area contributed by atoms with Gasteiger partial charge in [0.05, 0.1) is 13.5 Å². The molecule has 0 radical (unpaired) electrons. The van der Waals surface area contributed by atoms with Crippen LogP contribution in [0.3, 0.4) is 0 Å². The Labute approximate surface area is 109 Å². The van der Waals surface area contributed by atoms with Gasteiger partial charge in [-0.3, -0.25) is 4.79 Å². The second-order valence-electron chi connectivity index (χ2n) is 4.65. The summed E-state index contributed by atoms with van der Waals surface area (Å²) in [6.45, 7) is 8.56. The second kappa shape index (κ2) is 6.84. The highest BCUT2D eigenvalue weighted by Crippen LogP contribution is 2.21. The van der Waals surface area contributed by atoms with Crippen molar-refractivity contribution in [3.05, 3.63) is 35.9 Å². The summed E-state index contributed by atoms with van der Waals surface area (Å²) in [4.78, 5) is 11.8. The molecule has 0 unspecified atom stereocenters. The van der Waals surface area contributed by atoms with Gasteiger partial charge < -0.3 is 10.1 Å². The molecule has 18 heavy (non-hydrogen) atoms. The first kappa shape index (κ1) is 14.3. The first-order chi connectivity index (χ1) is 8.56. The standard InChI is InChI=1S/C15H21NO2/c1-5-12-6-7-14(18-4)13(8-12)9-15(17)16-10-11(2)3/h5-8,11H,1,9-10H2,2-4H3,(H,16,17). The van der Waals surface area contributed by atoms with E-state index in [9.17, 15) is 4.79 Å². The molecule has 0 atom stereocenters. The van der Waals surface area contributed by atoms with Crippen molar-refractivity contribution in [3.8, 4) is 5.75 Å². The molecule has 0 fully saturated rings. The molecule has 1 rings (SSSR count). The normalized spacial score (nSPS) is 10.2. The van der Waals surface area contributed by atoms with E-state index in [1.165, 1.54) is 0 Å². The number of carbonyl (C=O) groups is 1. The molecule has 0 bridgehead atoms. The first-order valence-corrected chi connectivity index (χ1v) is 6.13. The van der Waals surface area contributed by atoms with E-state index < -0.39 is 0 Å². The third-order valence-corrected chi connectivity index (χ3v) is 2.60. The van der Waals surface area contributed by atoms with Crippen molar-refractivity contribution >= 4 is 12.0 Å². The Kier molecular flexibility index (Phi) is 5.43. The Balaban J connectivity index is 2.75. The fraction of sp³-hybridized carbons (Fsp3) is 0.400. The molecule has 0 aliphatic heterocycles. The molecule has 0 spiro atoms. The third-order valence-electron chi connectivity index (χ3n) is 2.60. The van der Waals surface area contributed by atoms with Gasteiger partial charge in [-0.2, -0.15) is 0 Å². The Hall–Kier alpha value is -1.77. The van der Waals surface area contributed by atoms with Crippen LogP contribution in [0, 0.1) is 5.92 Å². The van der Waals surface area contributed by atoms with Crippen molar-refractivity contribution in [3.63, 3.8) is 0 Å². The van der Waals surface area contributed by atoms with Crippen LogP contribution in [0.15, 0.2) is 24.8 Å². The fourth-order valence-corrected chi connectivity index (χ4v) is 1.62. The van der Waals surface area contributed by atoms with Gasteiger partial charge in [-0.15, -0.1) is 0 Å². The van der Waals surface area contributed by atoms with Crippen LogP contribution < -0.4 is 10.1 Å². The van der Waals surface area contributed by atoms with Gasteiger partial charge in [0.15, 0.2) is 0 Å². The molecular formula is C15H21NO2. The lowest BCUT2D eigenvalue weighted by atomic mass is 10.1. The number of ether oxygens (including phenoxy) is 1. The van der Waals surface area contributed by atoms with Gasteiger partial charge >= 0.3 is 0 Å². The Morgan fingerprint density at radius 3 is 2.78 bits per heavy atom. The SMILES string of the molecule is C=Cc1ccc(OC)c(CC(=O)NCC(C)C)c1. The maximum atomic E-state index is 11.8. The van der Waals surface area contributed by atoms with Crippen LogP contribution in [0.2, 0.25) is 0 Å². The van der Waals surface area contributed by atoms with Crippen molar-refractivity contribution in [1.82, 2.24) is 5.32 Å². The van der Waals surface area contributed by atoms with Crippen LogP contribution in [0.25, 0.3) is 6.08 Å². The molecule has 1 amide bonds. The van der Waals surface area contributed by atoms with E-state index in [1.807, 2.05) is 18.2 Å². The topological polar surface area (TPSA) is 38.3 Å². The molecular weight excluding hydrogens is 226 g/mol. The molecule has 0 aromatic heterocycles. The minimum absolute atomic E-state index is 0.0169. The van der Waals surface area contributed by atoms with Gasteiger partial charge in [-0.25, -0.2) is 0 Å². The average molecular weight is 247 g/mol. The lowest BCUT2D eigenvalue weighted by molar-refractivity contribution is -0.120. The van der Waals surface area contributed by atoms with Crippen molar-refractivity contribution in [2.75, 3.05) is 13.7 Å². The van der Waals surface area contributed by atoms with E-state index in [2.05, 4.69) is 25.7 Å². The van der Waals surface area contributed by atoms with Crippen molar-refractivity contribution in [2.45, 2.75) is 20.3 Å². The van der Waals surface area contributed by atoms with Crippen LogP contribution in [0.4, 0.5) is 0 Å². The van der Waals surface area contributed by atoms with Crippen LogP contribution in [-0.4, -0.2) is 19.6 Å². The summed E-state index contributed by atoms with van der Waals surface area (Å²) in [5.74, 6) is 1.21. The summed E-state index contributed by atoms with van der Waals surface area (Å²) in [6.07, 6.45) is 2.09. The average Bonchev–Trinajstić information content (AvgIpc) is 2.36. The van der Waals surface area contributed by atoms with E-state index in [4.69, 9.17) is 4.74 Å². The molecule has 0 aliphatic carbocycles. The van der Waals surface area contributed by atoms with Crippen molar-refractivity contribution < 1.29 is 9.53 Å². The third kappa shape index (κ3) is 4.24. The number of amides is 1. The van der Waals surface area contributed by atoms with Crippen LogP contribution >= 0.6 is 0 Å². The fourth-order valence-electron chi connectivity index (χ4n) is 1.62. The van der Waals surface area contributed by atoms with Gasteiger partial charge in [0.25, 0.3) is 0 Å². The summed E-state index contributed by atoms with van der Waals surface area (Å²) in [5, 5.41) is 2.90. The maximum Gasteiger partial charge on any atom is 0.224 e. The molecule has 98 valence electrons. The summed E-state index contributed by atoms with van der Waals surface area (Å²) in [6, 6.07) is 5.71. The molecule has 3 heteroatoms. The predicted octanol–water partition coefficient (Wildman–Crippen LogP) is 2.65. The minimum Gasteiger partial charge on any atom is -0.496 e.